The maximum absolute atomic E-state index is 13.4. The zero-order chi connectivity index (χ0) is 22.9. The van der Waals surface area contributed by atoms with Gasteiger partial charge >= 0.3 is 0 Å². The average Bonchev–Trinajstić information content (AvgIpc) is 3.22. The molecule has 0 radical (unpaired) electrons. The minimum Gasteiger partial charge on any atom is -0.332 e. The molecule has 32 heavy (non-hydrogen) atoms. The quantitative estimate of drug-likeness (QED) is 0.352. The fourth-order valence-electron chi connectivity index (χ4n) is 3.50. The SMILES string of the molecule is CCCN(CC(=O)N(Cc1ccccc1)Cc1sccc1C)C(=O)C(Cl)c1ccccc1. The van der Waals surface area contributed by atoms with E-state index in [2.05, 4.69) is 13.0 Å². The monoisotopic (exact) mass is 468 g/mol. The number of hydrogen-bond donors (Lipinski definition) is 0. The molecular formula is C26H29ClN2O2S. The summed E-state index contributed by atoms with van der Waals surface area (Å²) < 4.78 is 0. The van der Waals surface area contributed by atoms with Crippen molar-refractivity contribution >= 4 is 34.8 Å². The number of carbonyl (C=O) groups is 2. The first-order chi connectivity index (χ1) is 15.5. The van der Waals surface area contributed by atoms with Crippen molar-refractivity contribution in [3.8, 4) is 0 Å². The van der Waals surface area contributed by atoms with E-state index in [1.807, 2.05) is 77.9 Å². The van der Waals surface area contributed by atoms with E-state index in [0.717, 1.165) is 22.4 Å². The smallest absolute Gasteiger partial charge is 0.245 e. The zero-order valence-electron chi connectivity index (χ0n) is 18.5. The molecule has 0 bridgehead atoms. The van der Waals surface area contributed by atoms with Crippen LogP contribution in [0.3, 0.4) is 0 Å². The van der Waals surface area contributed by atoms with Crippen LogP contribution in [0.25, 0.3) is 0 Å². The molecule has 168 valence electrons. The lowest BCUT2D eigenvalue weighted by Crippen LogP contribution is -2.43. The van der Waals surface area contributed by atoms with Crippen LogP contribution in [0.2, 0.25) is 0 Å². The second-order valence-corrected chi connectivity index (χ2v) is 9.23. The Kier molecular flexibility index (Phi) is 8.89. The van der Waals surface area contributed by atoms with Crippen molar-refractivity contribution in [3.63, 3.8) is 0 Å². The van der Waals surface area contributed by atoms with Gasteiger partial charge in [0, 0.05) is 18.0 Å². The van der Waals surface area contributed by atoms with E-state index in [0.29, 0.717) is 19.6 Å². The molecule has 2 aromatic carbocycles. The van der Waals surface area contributed by atoms with Crippen LogP contribution in [0.4, 0.5) is 0 Å². The molecule has 1 unspecified atom stereocenters. The maximum Gasteiger partial charge on any atom is 0.245 e. The molecule has 2 amide bonds. The summed E-state index contributed by atoms with van der Waals surface area (Å²) in [6, 6.07) is 21.3. The van der Waals surface area contributed by atoms with Crippen molar-refractivity contribution in [2.24, 2.45) is 0 Å². The first kappa shape index (κ1) is 24.0. The van der Waals surface area contributed by atoms with E-state index >= 15 is 0 Å². The molecule has 6 heteroatoms. The minimum atomic E-state index is -0.808. The molecule has 0 spiro atoms. The molecule has 1 aromatic heterocycles. The third kappa shape index (κ3) is 6.44. The molecule has 0 aliphatic rings. The normalized spacial score (nSPS) is 11.7. The Morgan fingerprint density at radius 2 is 1.59 bits per heavy atom. The van der Waals surface area contributed by atoms with E-state index < -0.39 is 5.38 Å². The van der Waals surface area contributed by atoms with Crippen molar-refractivity contribution in [3.05, 3.63) is 93.7 Å². The molecule has 0 N–H and O–H groups in total. The van der Waals surface area contributed by atoms with Crippen LogP contribution in [0.15, 0.2) is 72.1 Å². The van der Waals surface area contributed by atoms with Gasteiger partial charge in [-0.25, -0.2) is 0 Å². The lowest BCUT2D eigenvalue weighted by Gasteiger charge is -2.29. The highest BCUT2D eigenvalue weighted by Crippen LogP contribution is 2.24. The zero-order valence-corrected chi connectivity index (χ0v) is 20.1. The number of alkyl halides is 1. The number of hydrogen-bond acceptors (Lipinski definition) is 3. The molecule has 3 rings (SSSR count). The third-order valence-electron chi connectivity index (χ3n) is 5.31. The van der Waals surface area contributed by atoms with Crippen LogP contribution in [0.5, 0.6) is 0 Å². The third-order valence-corrected chi connectivity index (χ3v) is 6.76. The van der Waals surface area contributed by atoms with Crippen molar-refractivity contribution in [1.82, 2.24) is 9.80 Å². The lowest BCUT2D eigenvalue weighted by atomic mass is 10.1. The molecule has 0 fully saturated rings. The average molecular weight is 469 g/mol. The largest absolute Gasteiger partial charge is 0.332 e. The first-order valence-corrected chi connectivity index (χ1v) is 12.1. The number of aryl methyl sites for hydroxylation is 1. The molecule has 0 saturated carbocycles. The highest BCUT2D eigenvalue weighted by atomic mass is 35.5. The summed E-state index contributed by atoms with van der Waals surface area (Å²) in [6.07, 6.45) is 0.750. The standard InChI is InChI=1S/C26H29ClN2O2S/c1-3-15-28(26(31)25(27)22-12-8-5-9-13-22)19-24(30)29(17-21-10-6-4-7-11-21)18-23-20(2)14-16-32-23/h4-14,16,25H,3,15,17-19H2,1-2H3. The van der Waals surface area contributed by atoms with Crippen LogP contribution >= 0.6 is 22.9 Å². The van der Waals surface area contributed by atoms with Gasteiger partial charge in [0.05, 0.1) is 13.1 Å². The Morgan fingerprint density at radius 3 is 2.19 bits per heavy atom. The maximum atomic E-state index is 13.4. The topological polar surface area (TPSA) is 40.6 Å². The summed E-state index contributed by atoms with van der Waals surface area (Å²) in [6.45, 7) is 5.56. The number of amides is 2. The van der Waals surface area contributed by atoms with Gasteiger partial charge in [0.25, 0.3) is 0 Å². The van der Waals surface area contributed by atoms with Gasteiger partial charge in [-0.15, -0.1) is 22.9 Å². The predicted octanol–water partition coefficient (Wildman–Crippen LogP) is 5.80. The van der Waals surface area contributed by atoms with Gasteiger partial charge < -0.3 is 9.80 Å². The fraction of sp³-hybridized carbons (Fsp3) is 0.308. The number of nitrogens with zero attached hydrogens (tertiary/aromatic N) is 2. The summed E-state index contributed by atoms with van der Waals surface area (Å²) in [5.41, 5.74) is 2.97. The van der Waals surface area contributed by atoms with E-state index in [1.165, 1.54) is 5.56 Å². The van der Waals surface area contributed by atoms with Gasteiger partial charge in [-0.2, -0.15) is 0 Å². The van der Waals surface area contributed by atoms with Gasteiger partial charge in [-0.1, -0.05) is 67.6 Å². The van der Waals surface area contributed by atoms with Crippen molar-refractivity contribution in [2.75, 3.05) is 13.1 Å². The summed E-state index contributed by atoms with van der Waals surface area (Å²) in [5.74, 6) is -0.319. The highest BCUT2D eigenvalue weighted by Gasteiger charge is 2.27. The Morgan fingerprint density at radius 1 is 0.938 bits per heavy atom. The van der Waals surface area contributed by atoms with Gasteiger partial charge in [0.1, 0.15) is 5.38 Å². The number of halogens is 1. The van der Waals surface area contributed by atoms with Crippen molar-refractivity contribution in [1.29, 1.82) is 0 Å². The second-order valence-electron chi connectivity index (χ2n) is 7.80. The van der Waals surface area contributed by atoms with Crippen molar-refractivity contribution in [2.45, 2.75) is 38.7 Å². The molecular weight excluding hydrogens is 440 g/mol. The highest BCUT2D eigenvalue weighted by molar-refractivity contribution is 7.10. The molecule has 0 aliphatic carbocycles. The fourth-order valence-corrected chi connectivity index (χ4v) is 4.70. The molecule has 4 nitrogen and oxygen atoms in total. The number of rotatable bonds is 10. The van der Waals surface area contributed by atoms with E-state index in [-0.39, 0.29) is 18.4 Å². The van der Waals surface area contributed by atoms with Crippen LogP contribution in [0, 0.1) is 6.92 Å². The van der Waals surface area contributed by atoms with Crippen LogP contribution in [0.1, 0.15) is 40.3 Å². The molecule has 1 heterocycles. The summed E-state index contributed by atoms with van der Waals surface area (Å²) in [4.78, 5) is 31.1. The lowest BCUT2D eigenvalue weighted by molar-refractivity contribution is -0.141. The summed E-state index contributed by atoms with van der Waals surface area (Å²) >= 11 is 8.15. The van der Waals surface area contributed by atoms with Gasteiger partial charge in [0.15, 0.2) is 0 Å². The van der Waals surface area contributed by atoms with Crippen LogP contribution in [-0.2, 0) is 22.7 Å². The Hall–Kier alpha value is -2.63. The summed E-state index contributed by atoms with van der Waals surface area (Å²) in [5, 5.41) is 1.23. The Bertz CT molecular complexity index is 1010. The number of benzene rings is 2. The number of carbonyl (C=O) groups excluding carboxylic acids is 2. The number of thiophene rings is 1. The van der Waals surface area contributed by atoms with Gasteiger partial charge in [0.2, 0.25) is 11.8 Å². The second kappa shape index (κ2) is 11.8. The molecule has 3 aromatic rings. The molecule has 0 aliphatic heterocycles. The van der Waals surface area contributed by atoms with Crippen molar-refractivity contribution < 1.29 is 9.59 Å². The van der Waals surface area contributed by atoms with Crippen LogP contribution < -0.4 is 0 Å². The van der Waals surface area contributed by atoms with Crippen LogP contribution in [-0.4, -0.2) is 34.7 Å². The summed E-state index contributed by atoms with van der Waals surface area (Å²) in [7, 11) is 0. The Balaban J connectivity index is 1.78. The minimum absolute atomic E-state index is 0.0139. The van der Waals surface area contributed by atoms with Gasteiger partial charge in [-0.05, 0) is 41.5 Å². The van der Waals surface area contributed by atoms with E-state index in [1.54, 1.807) is 16.2 Å². The van der Waals surface area contributed by atoms with E-state index in [4.69, 9.17) is 11.6 Å². The Labute approximate surface area is 199 Å². The van der Waals surface area contributed by atoms with E-state index in [9.17, 15) is 9.59 Å². The molecule has 1 atom stereocenters. The first-order valence-electron chi connectivity index (χ1n) is 10.8. The molecule has 0 saturated heterocycles. The van der Waals surface area contributed by atoms with Gasteiger partial charge in [-0.3, -0.25) is 9.59 Å². The predicted molar refractivity (Wildman–Crippen MR) is 132 cm³/mol.